The minimum absolute atomic E-state index is 0.246. The van der Waals surface area contributed by atoms with Gasteiger partial charge in [-0.25, -0.2) is 0 Å². The van der Waals surface area contributed by atoms with Gasteiger partial charge in [0.25, 0.3) is 11.5 Å². The van der Waals surface area contributed by atoms with Gasteiger partial charge in [-0.1, -0.05) is 12.1 Å². The van der Waals surface area contributed by atoms with Crippen molar-refractivity contribution < 1.29 is 18.0 Å². The Morgan fingerprint density at radius 2 is 1.73 bits per heavy atom. The van der Waals surface area contributed by atoms with E-state index in [0.29, 0.717) is 35.0 Å². The van der Waals surface area contributed by atoms with Crippen LogP contribution in [0.5, 0.6) is 0 Å². The lowest BCUT2D eigenvalue weighted by atomic mass is 10.0. The zero-order chi connectivity index (χ0) is 21.8. The molecule has 0 saturated carbocycles. The van der Waals surface area contributed by atoms with Gasteiger partial charge in [-0.15, -0.1) is 0 Å². The molecule has 1 saturated heterocycles. The molecule has 1 aliphatic heterocycles. The Balaban J connectivity index is 1.74. The van der Waals surface area contributed by atoms with E-state index >= 15 is 0 Å². The molecule has 4 rings (SSSR count). The van der Waals surface area contributed by atoms with Crippen molar-refractivity contribution >= 4 is 16.8 Å². The van der Waals surface area contributed by atoms with E-state index in [-0.39, 0.29) is 17.5 Å². The summed E-state index contributed by atoms with van der Waals surface area (Å²) in [7, 11) is 3.44. The Bertz CT molecular complexity index is 1190. The number of halogens is 3. The topological polar surface area (TPSA) is 47.2 Å². The molecule has 0 radical (unpaired) electrons. The SMILES string of the molecule is Cc1cn(C)c(=O)c2c(C(=O)N3CCCC3c3ccc(C(F)(F)F)cc3)cn(C)c12. The lowest BCUT2D eigenvalue weighted by Gasteiger charge is -2.25. The molecule has 8 heteroatoms. The number of hydrogen-bond donors (Lipinski definition) is 0. The molecule has 0 aliphatic carbocycles. The number of likely N-dealkylation sites (tertiary alicyclic amines) is 1. The van der Waals surface area contributed by atoms with Crippen molar-refractivity contribution in [3.05, 3.63) is 69.3 Å². The Labute approximate surface area is 171 Å². The maximum Gasteiger partial charge on any atom is 0.416 e. The molecule has 1 atom stereocenters. The summed E-state index contributed by atoms with van der Waals surface area (Å²) in [5.41, 5.74) is 1.63. The number of aromatic nitrogens is 2. The molecule has 0 N–H and O–H groups in total. The quantitative estimate of drug-likeness (QED) is 0.628. The van der Waals surface area contributed by atoms with Crippen molar-refractivity contribution in [3.8, 4) is 0 Å². The number of aryl methyl sites for hydroxylation is 3. The highest BCUT2D eigenvalue weighted by atomic mass is 19.4. The number of hydrogen-bond acceptors (Lipinski definition) is 2. The first kappa shape index (κ1) is 20.3. The van der Waals surface area contributed by atoms with Gasteiger partial charge in [0.05, 0.1) is 28.1 Å². The zero-order valence-corrected chi connectivity index (χ0v) is 17.0. The largest absolute Gasteiger partial charge is 0.416 e. The summed E-state index contributed by atoms with van der Waals surface area (Å²) in [5, 5.41) is 0.378. The average molecular weight is 417 g/mol. The minimum Gasteiger partial charge on any atom is -0.349 e. The summed E-state index contributed by atoms with van der Waals surface area (Å²) < 4.78 is 41.9. The number of alkyl halides is 3. The predicted molar refractivity (Wildman–Crippen MR) is 107 cm³/mol. The third kappa shape index (κ3) is 3.20. The molecule has 1 aliphatic rings. The van der Waals surface area contributed by atoms with Crippen molar-refractivity contribution in [2.24, 2.45) is 14.1 Å². The van der Waals surface area contributed by atoms with Crippen LogP contribution in [0.2, 0.25) is 0 Å². The van der Waals surface area contributed by atoms with Crippen LogP contribution < -0.4 is 5.56 Å². The molecule has 1 unspecified atom stereocenters. The minimum atomic E-state index is -4.40. The highest BCUT2D eigenvalue weighted by Gasteiger charge is 2.34. The molecular formula is C22H22F3N3O2. The predicted octanol–water partition coefficient (Wildman–Crippen LogP) is 4.18. The van der Waals surface area contributed by atoms with Gasteiger partial charge in [0.1, 0.15) is 0 Å². The number of rotatable bonds is 2. The van der Waals surface area contributed by atoms with E-state index in [2.05, 4.69) is 0 Å². The van der Waals surface area contributed by atoms with Crippen molar-refractivity contribution in [2.45, 2.75) is 32.0 Å². The summed E-state index contributed by atoms with van der Waals surface area (Å²) in [4.78, 5) is 27.9. The summed E-state index contributed by atoms with van der Waals surface area (Å²) in [6.45, 7) is 2.38. The van der Waals surface area contributed by atoms with E-state index in [0.717, 1.165) is 24.1 Å². The lowest BCUT2D eigenvalue weighted by Crippen LogP contribution is -2.31. The molecule has 158 valence electrons. The van der Waals surface area contributed by atoms with Crippen LogP contribution in [0.1, 0.15) is 45.9 Å². The highest BCUT2D eigenvalue weighted by molar-refractivity contribution is 6.07. The van der Waals surface area contributed by atoms with Gasteiger partial charge in [0, 0.05) is 33.0 Å². The normalized spacial score (nSPS) is 17.1. The van der Waals surface area contributed by atoms with E-state index in [1.807, 2.05) is 6.92 Å². The number of nitrogens with zero attached hydrogens (tertiary/aromatic N) is 3. The molecule has 2 aromatic heterocycles. The van der Waals surface area contributed by atoms with E-state index in [4.69, 9.17) is 0 Å². The van der Waals surface area contributed by atoms with Crippen LogP contribution in [0.4, 0.5) is 13.2 Å². The Kier molecular flexibility index (Phi) is 4.75. The number of pyridine rings is 1. The molecular weight excluding hydrogens is 395 g/mol. The fourth-order valence-corrected chi connectivity index (χ4v) is 4.47. The molecule has 0 bridgehead atoms. The van der Waals surface area contributed by atoms with Crippen molar-refractivity contribution in [3.63, 3.8) is 0 Å². The summed E-state index contributed by atoms with van der Waals surface area (Å²) in [5.74, 6) is -0.273. The number of carbonyl (C=O) groups excluding carboxylic acids is 1. The fourth-order valence-electron chi connectivity index (χ4n) is 4.47. The van der Waals surface area contributed by atoms with Gasteiger partial charge in [-0.2, -0.15) is 13.2 Å². The lowest BCUT2D eigenvalue weighted by molar-refractivity contribution is -0.137. The molecule has 3 heterocycles. The smallest absolute Gasteiger partial charge is 0.349 e. The van der Waals surface area contributed by atoms with Crippen LogP contribution in [0.15, 0.2) is 41.5 Å². The maximum absolute atomic E-state index is 13.4. The zero-order valence-electron chi connectivity index (χ0n) is 17.0. The van der Waals surface area contributed by atoms with Crippen LogP contribution in [0, 0.1) is 6.92 Å². The Morgan fingerprint density at radius 1 is 1.07 bits per heavy atom. The summed E-state index contributed by atoms with van der Waals surface area (Å²) >= 11 is 0. The highest BCUT2D eigenvalue weighted by Crippen LogP contribution is 2.36. The van der Waals surface area contributed by atoms with Gasteiger partial charge in [0.2, 0.25) is 0 Å². The second-order valence-electron chi connectivity index (χ2n) is 7.88. The van der Waals surface area contributed by atoms with Gasteiger partial charge in [0.15, 0.2) is 0 Å². The summed E-state index contributed by atoms with van der Waals surface area (Å²) in [6, 6.07) is 4.65. The second kappa shape index (κ2) is 7.04. The number of fused-ring (bicyclic) bond motifs is 1. The third-order valence-electron chi connectivity index (χ3n) is 5.84. The molecule has 5 nitrogen and oxygen atoms in total. The van der Waals surface area contributed by atoms with Crippen LogP contribution in [-0.4, -0.2) is 26.5 Å². The fraction of sp³-hybridized carbons (Fsp3) is 0.364. The molecule has 1 fully saturated rings. The molecule has 30 heavy (non-hydrogen) atoms. The van der Waals surface area contributed by atoms with Crippen LogP contribution in [0.3, 0.4) is 0 Å². The second-order valence-corrected chi connectivity index (χ2v) is 7.88. The number of carbonyl (C=O) groups is 1. The van der Waals surface area contributed by atoms with Gasteiger partial charge >= 0.3 is 6.18 Å². The molecule has 1 aromatic carbocycles. The van der Waals surface area contributed by atoms with E-state index in [1.165, 1.54) is 16.7 Å². The number of benzene rings is 1. The van der Waals surface area contributed by atoms with E-state index in [1.54, 1.807) is 36.0 Å². The van der Waals surface area contributed by atoms with E-state index in [9.17, 15) is 22.8 Å². The molecule has 3 aromatic rings. The average Bonchev–Trinajstić information content (AvgIpc) is 3.30. The monoisotopic (exact) mass is 417 g/mol. The Hall–Kier alpha value is -3.03. The first-order valence-electron chi connectivity index (χ1n) is 9.73. The van der Waals surface area contributed by atoms with Crippen LogP contribution in [-0.2, 0) is 20.3 Å². The molecule has 0 spiro atoms. The first-order chi connectivity index (χ1) is 14.1. The van der Waals surface area contributed by atoms with Crippen molar-refractivity contribution in [1.29, 1.82) is 0 Å². The van der Waals surface area contributed by atoms with Gasteiger partial charge in [-0.3, -0.25) is 9.59 Å². The summed E-state index contributed by atoms with van der Waals surface area (Å²) in [6.07, 6.45) is 0.423. The van der Waals surface area contributed by atoms with Crippen molar-refractivity contribution in [1.82, 2.24) is 14.0 Å². The number of amides is 1. The van der Waals surface area contributed by atoms with Gasteiger partial charge < -0.3 is 14.0 Å². The van der Waals surface area contributed by atoms with Crippen LogP contribution in [0.25, 0.3) is 10.9 Å². The standard InChI is InChI=1S/C22H22F3N3O2/c1-13-11-27(3)21(30)18-16(12-26(2)19(13)18)20(29)28-10-4-5-17(28)14-6-8-15(9-7-14)22(23,24)25/h6-9,11-12,17H,4-5,10H2,1-3H3. The van der Waals surface area contributed by atoms with Gasteiger partial charge in [-0.05, 0) is 43.0 Å². The van der Waals surface area contributed by atoms with Crippen LogP contribution >= 0.6 is 0 Å². The van der Waals surface area contributed by atoms with Crippen molar-refractivity contribution in [2.75, 3.05) is 6.54 Å². The molecule has 1 amide bonds. The van der Waals surface area contributed by atoms with E-state index < -0.39 is 11.7 Å². The maximum atomic E-state index is 13.4. The Morgan fingerprint density at radius 3 is 2.37 bits per heavy atom. The first-order valence-corrected chi connectivity index (χ1v) is 9.73. The third-order valence-corrected chi connectivity index (χ3v) is 5.84.